The van der Waals surface area contributed by atoms with Crippen LogP contribution in [-0.4, -0.2) is 38.0 Å². The van der Waals surface area contributed by atoms with E-state index in [0.29, 0.717) is 19.5 Å². The number of nitriles is 1. The third kappa shape index (κ3) is 4.25. The molecule has 0 fully saturated rings. The number of benzene rings is 1. The fraction of sp³-hybridized carbons (Fsp3) is 0.385. The van der Waals surface area contributed by atoms with E-state index in [0.717, 1.165) is 5.69 Å². The number of carbonyl (C=O) groups is 1. The van der Waals surface area contributed by atoms with Crippen LogP contribution in [0, 0.1) is 11.3 Å². The predicted molar refractivity (Wildman–Crippen MR) is 67.6 cm³/mol. The molecule has 4 nitrogen and oxygen atoms in total. The van der Waals surface area contributed by atoms with Gasteiger partial charge in [-0.15, -0.1) is 0 Å². The van der Waals surface area contributed by atoms with Crippen LogP contribution in [0.3, 0.4) is 0 Å². The molecular formula is C13H17N3O. The highest BCUT2D eigenvalue weighted by molar-refractivity contribution is 5.94. The van der Waals surface area contributed by atoms with Crippen LogP contribution in [0.25, 0.3) is 0 Å². The maximum Gasteiger partial charge on any atom is 0.241 e. The summed E-state index contributed by atoms with van der Waals surface area (Å²) in [7, 11) is 3.71. The quantitative estimate of drug-likeness (QED) is 0.771. The summed E-state index contributed by atoms with van der Waals surface area (Å²) in [6, 6.07) is 11.5. The van der Waals surface area contributed by atoms with Gasteiger partial charge in [-0.1, -0.05) is 18.2 Å². The van der Waals surface area contributed by atoms with E-state index in [-0.39, 0.29) is 5.91 Å². The molecule has 0 aromatic heterocycles. The molecule has 0 N–H and O–H groups in total. The first-order chi connectivity index (χ1) is 8.15. The van der Waals surface area contributed by atoms with Crippen LogP contribution in [0.15, 0.2) is 30.3 Å². The SMILES string of the molecule is CN(C)CC(=O)N(CCC#N)c1ccccc1. The number of amides is 1. The van der Waals surface area contributed by atoms with Gasteiger partial charge in [0.1, 0.15) is 0 Å². The minimum absolute atomic E-state index is 0.0106. The van der Waals surface area contributed by atoms with Gasteiger partial charge >= 0.3 is 0 Å². The lowest BCUT2D eigenvalue weighted by Gasteiger charge is -2.23. The van der Waals surface area contributed by atoms with Gasteiger partial charge in [0.2, 0.25) is 5.91 Å². The van der Waals surface area contributed by atoms with Gasteiger partial charge in [-0.05, 0) is 26.2 Å². The molecule has 0 spiro atoms. The molecule has 1 aromatic rings. The van der Waals surface area contributed by atoms with Crippen molar-refractivity contribution in [3.8, 4) is 6.07 Å². The summed E-state index contributed by atoms with van der Waals surface area (Å²) >= 11 is 0. The maximum absolute atomic E-state index is 12.0. The van der Waals surface area contributed by atoms with Gasteiger partial charge in [0, 0.05) is 12.2 Å². The zero-order valence-corrected chi connectivity index (χ0v) is 10.3. The second-order valence-electron chi connectivity index (χ2n) is 4.03. The molecule has 0 bridgehead atoms. The van der Waals surface area contributed by atoms with Crippen molar-refractivity contribution in [1.82, 2.24) is 4.90 Å². The summed E-state index contributed by atoms with van der Waals surface area (Å²) < 4.78 is 0. The van der Waals surface area contributed by atoms with Gasteiger partial charge in [-0.25, -0.2) is 0 Å². The summed E-state index contributed by atoms with van der Waals surface area (Å²) in [4.78, 5) is 15.5. The summed E-state index contributed by atoms with van der Waals surface area (Å²) in [5.74, 6) is 0.0106. The summed E-state index contributed by atoms with van der Waals surface area (Å²) in [6.07, 6.45) is 0.341. The topological polar surface area (TPSA) is 47.3 Å². The maximum atomic E-state index is 12.0. The van der Waals surface area contributed by atoms with Crippen LogP contribution in [0.5, 0.6) is 0 Å². The molecule has 0 unspecified atom stereocenters. The van der Waals surface area contributed by atoms with E-state index in [1.54, 1.807) is 4.90 Å². The van der Waals surface area contributed by atoms with Crippen molar-refractivity contribution in [1.29, 1.82) is 5.26 Å². The van der Waals surface area contributed by atoms with Crippen LogP contribution in [-0.2, 0) is 4.79 Å². The Balaban J connectivity index is 2.81. The predicted octanol–water partition coefficient (Wildman–Crippen LogP) is 1.49. The van der Waals surface area contributed by atoms with Crippen molar-refractivity contribution in [2.45, 2.75) is 6.42 Å². The van der Waals surface area contributed by atoms with Crippen molar-refractivity contribution in [2.75, 3.05) is 32.1 Å². The molecule has 17 heavy (non-hydrogen) atoms. The smallest absolute Gasteiger partial charge is 0.241 e. The van der Waals surface area contributed by atoms with E-state index < -0.39 is 0 Å². The van der Waals surface area contributed by atoms with Crippen molar-refractivity contribution in [3.05, 3.63) is 30.3 Å². The number of rotatable bonds is 5. The summed E-state index contributed by atoms with van der Waals surface area (Å²) in [5.41, 5.74) is 0.842. The third-order valence-corrected chi connectivity index (χ3v) is 2.27. The Labute approximate surface area is 102 Å². The van der Waals surface area contributed by atoms with E-state index in [2.05, 4.69) is 6.07 Å². The van der Waals surface area contributed by atoms with Crippen LogP contribution >= 0.6 is 0 Å². The number of carbonyl (C=O) groups excluding carboxylic acids is 1. The molecule has 90 valence electrons. The average Bonchev–Trinajstić information content (AvgIpc) is 2.30. The second-order valence-corrected chi connectivity index (χ2v) is 4.03. The van der Waals surface area contributed by atoms with E-state index >= 15 is 0 Å². The molecule has 0 heterocycles. The van der Waals surface area contributed by atoms with Gasteiger partial charge in [0.25, 0.3) is 0 Å². The lowest BCUT2D eigenvalue weighted by molar-refractivity contribution is -0.119. The average molecular weight is 231 g/mol. The summed E-state index contributed by atoms with van der Waals surface area (Å²) in [5, 5.41) is 8.63. The van der Waals surface area contributed by atoms with Gasteiger partial charge in [-0.3, -0.25) is 4.79 Å². The zero-order chi connectivity index (χ0) is 12.7. The number of nitrogens with zero attached hydrogens (tertiary/aromatic N) is 3. The molecule has 0 saturated carbocycles. The molecule has 1 amide bonds. The number of anilines is 1. The van der Waals surface area contributed by atoms with Crippen molar-refractivity contribution < 1.29 is 4.79 Å². The summed E-state index contributed by atoms with van der Waals surface area (Å²) in [6.45, 7) is 0.785. The molecule has 0 aliphatic heterocycles. The van der Waals surface area contributed by atoms with Crippen LogP contribution in [0.4, 0.5) is 5.69 Å². The van der Waals surface area contributed by atoms with E-state index in [1.165, 1.54) is 0 Å². The van der Waals surface area contributed by atoms with Gasteiger partial charge in [-0.2, -0.15) is 5.26 Å². The van der Waals surface area contributed by atoms with Gasteiger partial charge < -0.3 is 9.80 Å². The normalized spacial score (nSPS) is 10.0. The molecule has 0 atom stereocenters. The van der Waals surface area contributed by atoms with E-state index in [1.807, 2.05) is 49.3 Å². The highest BCUT2D eigenvalue weighted by atomic mass is 16.2. The van der Waals surface area contributed by atoms with Gasteiger partial charge in [0.15, 0.2) is 0 Å². The third-order valence-electron chi connectivity index (χ3n) is 2.27. The molecule has 0 aliphatic carbocycles. The Morgan fingerprint density at radius 1 is 1.29 bits per heavy atom. The molecule has 1 aromatic carbocycles. The lowest BCUT2D eigenvalue weighted by Crippen LogP contribution is -2.38. The first kappa shape index (κ1) is 13.2. The van der Waals surface area contributed by atoms with Crippen LogP contribution < -0.4 is 4.90 Å². The first-order valence-electron chi connectivity index (χ1n) is 5.52. The highest BCUT2D eigenvalue weighted by Crippen LogP contribution is 2.13. The fourth-order valence-electron chi connectivity index (χ4n) is 1.52. The lowest BCUT2D eigenvalue weighted by atomic mass is 10.2. The number of para-hydroxylation sites is 1. The van der Waals surface area contributed by atoms with E-state index in [4.69, 9.17) is 5.26 Å². The van der Waals surface area contributed by atoms with Crippen molar-refractivity contribution >= 4 is 11.6 Å². The Bertz CT molecular complexity index is 395. The molecule has 0 saturated heterocycles. The molecule has 0 radical (unpaired) electrons. The molecule has 4 heteroatoms. The largest absolute Gasteiger partial charge is 0.310 e. The minimum Gasteiger partial charge on any atom is -0.310 e. The number of hydrogen-bond donors (Lipinski definition) is 0. The molecule has 1 rings (SSSR count). The number of hydrogen-bond acceptors (Lipinski definition) is 3. The van der Waals surface area contributed by atoms with Crippen molar-refractivity contribution in [3.63, 3.8) is 0 Å². The Kier molecular flexibility index (Phi) is 5.18. The minimum atomic E-state index is 0.0106. The highest BCUT2D eigenvalue weighted by Gasteiger charge is 2.15. The van der Waals surface area contributed by atoms with E-state index in [9.17, 15) is 4.79 Å². The Morgan fingerprint density at radius 2 is 1.94 bits per heavy atom. The van der Waals surface area contributed by atoms with Crippen molar-refractivity contribution in [2.24, 2.45) is 0 Å². The second kappa shape index (κ2) is 6.66. The van der Waals surface area contributed by atoms with Crippen LogP contribution in [0.1, 0.15) is 6.42 Å². The molecular weight excluding hydrogens is 214 g/mol. The first-order valence-corrected chi connectivity index (χ1v) is 5.52. The molecule has 0 aliphatic rings. The Morgan fingerprint density at radius 3 is 2.47 bits per heavy atom. The standard InChI is InChI=1S/C13H17N3O/c1-15(2)11-13(17)16(10-6-9-14)12-7-4-3-5-8-12/h3-5,7-8H,6,10-11H2,1-2H3. The Hall–Kier alpha value is -1.86. The van der Waals surface area contributed by atoms with Crippen LogP contribution in [0.2, 0.25) is 0 Å². The fourth-order valence-corrected chi connectivity index (χ4v) is 1.52. The van der Waals surface area contributed by atoms with Gasteiger partial charge in [0.05, 0.1) is 19.0 Å². The monoisotopic (exact) mass is 231 g/mol. The zero-order valence-electron chi connectivity index (χ0n) is 10.3. The number of likely N-dealkylation sites (N-methyl/N-ethyl adjacent to an activating group) is 1.